The molecule has 2 aliphatic rings. The zero-order valence-corrected chi connectivity index (χ0v) is 17.2. The van der Waals surface area contributed by atoms with Gasteiger partial charge in [0.2, 0.25) is 0 Å². The molecule has 0 atom stereocenters. The minimum absolute atomic E-state index is 0. The van der Waals surface area contributed by atoms with Crippen molar-refractivity contribution in [1.82, 2.24) is 15.5 Å². The highest BCUT2D eigenvalue weighted by atomic mass is 127. The van der Waals surface area contributed by atoms with Crippen LogP contribution in [-0.2, 0) is 4.74 Å². The van der Waals surface area contributed by atoms with Gasteiger partial charge in [-0.1, -0.05) is 32.6 Å². The Balaban J connectivity index is 0.00000264. The molecule has 6 heteroatoms. The maximum atomic E-state index is 5.38. The summed E-state index contributed by atoms with van der Waals surface area (Å²) in [7, 11) is 1.86. The average Bonchev–Trinajstić information content (AvgIpc) is 2.77. The maximum absolute atomic E-state index is 5.38. The van der Waals surface area contributed by atoms with Gasteiger partial charge in [-0.2, -0.15) is 0 Å². The summed E-state index contributed by atoms with van der Waals surface area (Å²) in [4.78, 5) is 6.80. The molecule has 0 aromatic heterocycles. The van der Waals surface area contributed by atoms with Crippen LogP contribution < -0.4 is 10.6 Å². The predicted octanol–water partition coefficient (Wildman–Crippen LogP) is 2.46. The minimum atomic E-state index is 0. The van der Waals surface area contributed by atoms with Crippen LogP contribution in [0, 0.1) is 5.41 Å². The standard InChI is InChI=1S/C17H34N4O.HI/c1-17(7-5-3-4-6-8-17)15-20-16(18-2)19-9-10-21-11-13-22-14-12-21;/h3-15H2,1-2H3,(H2,18,19,20);1H. The Kier molecular flexibility index (Phi) is 10.5. The highest BCUT2D eigenvalue weighted by Gasteiger charge is 2.25. The van der Waals surface area contributed by atoms with Crippen LogP contribution >= 0.6 is 24.0 Å². The van der Waals surface area contributed by atoms with E-state index >= 15 is 0 Å². The molecule has 2 fully saturated rings. The first-order valence-corrected chi connectivity index (χ1v) is 8.96. The molecule has 23 heavy (non-hydrogen) atoms. The van der Waals surface area contributed by atoms with E-state index in [-0.39, 0.29) is 24.0 Å². The normalized spacial score (nSPS) is 22.8. The van der Waals surface area contributed by atoms with Gasteiger partial charge in [0.05, 0.1) is 13.2 Å². The van der Waals surface area contributed by atoms with E-state index in [4.69, 9.17) is 4.74 Å². The largest absolute Gasteiger partial charge is 0.379 e. The first kappa shape index (κ1) is 21.0. The molecule has 1 aliphatic carbocycles. The van der Waals surface area contributed by atoms with Gasteiger partial charge in [0.1, 0.15) is 0 Å². The molecule has 0 spiro atoms. The SMILES string of the molecule is CN=C(NCCN1CCOCC1)NCC1(C)CCCCCC1.I. The van der Waals surface area contributed by atoms with E-state index in [0.29, 0.717) is 5.41 Å². The van der Waals surface area contributed by atoms with Gasteiger partial charge in [0.25, 0.3) is 0 Å². The summed E-state index contributed by atoms with van der Waals surface area (Å²) in [6, 6.07) is 0. The lowest BCUT2D eigenvalue weighted by Crippen LogP contribution is -2.46. The molecule has 0 aromatic carbocycles. The minimum Gasteiger partial charge on any atom is -0.379 e. The zero-order chi connectivity index (χ0) is 15.7. The monoisotopic (exact) mass is 438 g/mol. The van der Waals surface area contributed by atoms with Crippen molar-refractivity contribution < 1.29 is 4.74 Å². The summed E-state index contributed by atoms with van der Waals surface area (Å²) in [5, 5.41) is 6.99. The van der Waals surface area contributed by atoms with Crippen molar-refractivity contribution in [2.75, 3.05) is 53.0 Å². The van der Waals surface area contributed by atoms with Crippen LogP contribution in [0.5, 0.6) is 0 Å². The van der Waals surface area contributed by atoms with Crippen LogP contribution in [0.2, 0.25) is 0 Å². The number of ether oxygens (including phenoxy) is 1. The third-order valence-corrected chi connectivity index (χ3v) is 5.04. The number of hydrogen-bond donors (Lipinski definition) is 2. The van der Waals surface area contributed by atoms with Crippen molar-refractivity contribution in [3.8, 4) is 0 Å². The molecule has 2 N–H and O–H groups in total. The molecule has 0 amide bonds. The molecule has 1 heterocycles. The van der Waals surface area contributed by atoms with Crippen LogP contribution in [0.25, 0.3) is 0 Å². The smallest absolute Gasteiger partial charge is 0.191 e. The lowest BCUT2D eigenvalue weighted by molar-refractivity contribution is 0.0389. The summed E-state index contributed by atoms with van der Waals surface area (Å²) in [5.41, 5.74) is 0.429. The molecule has 0 bridgehead atoms. The topological polar surface area (TPSA) is 48.9 Å². The summed E-state index contributed by atoms with van der Waals surface area (Å²) in [6.45, 7) is 9.28. The second-order valence-corrected chi connectivity index (χ2v) is 7.03. The Morgan fingerprint density at radius 1 is 1.09 bits per heavy atom. The molecule has 0 radical (unpaired) electrons. The van der Waals surface area contributed by atoms with E-state index in [1.54, 1.807) is 0 Å². The Bertz CT molecular complexity index is 337. The van der Waals surface area contributed by atoms with Crippen LogP contribution in [0.3, 0.4) is 0 Å². The molecule has 1 saturated carbocycles. The summed E-state index contributed by atoms with van der Waals surface area (Å²) < 4.78 is 5.38. The molecular formula is C17H35IN4O. The van der Waals surface area contributed by atoms with Gasteiger partial charge in [-0.25, -0.2) is 0 Å². The van der Waals surface area contributed by atoms with Gasteiger partial charge in [-0.05, 0) is 18.3 Å². The predicted molar refractivity (Wildman–Crippen MR) is 108 cm³/mol. The van der Waals surface area contributed by atoms with Crippen molar-refractivity contribution in [2.24, 2.45) is 10.4 Å². The molecule has 2 rings (SSSR count). The maximum Gasteiger partial charge on any atom is 0.191 e. The van der Waals surface area contributed by atoms with Gasteiger partial charge < -0.3 is 15.4 Å². The molecule has 0 aromatic rings. The number of halogens is 1. The van der Waals surface area contributed by atoms with Gasteiger partial charge in [-0.15, -0.1) is 24.0 Å². The Morgan fingerprint density at radius 3 is 2.35 bits per heavy atom. The molecule has 1 saturated heterocycles. The Labute approximate surface area is 159 Å². The van der Waals surface area contributed by atoms with E-state index in [0.717, 1.165) is 51.9 Å². The fraction of sp³-hybridized carbons (Fsp3) is 0.941. The van der Waals surface area contributed by atoms with Crippen LogP contribution in [0.15, 0.2) is 4.99 Å². The summed E-state index contributed by atoms with van der Waals surface area (Å²) in [5.74, 6) is 0.943. The van der Waals surface area contributed by atoms with Crippen molar-refractivity contribution in [3.63, 3.8) is 0 Å². The zero-order valence-electron chi connectivity index (χ0n) is 14.9. The number of nitrogens with zero attached hydrogens (tertiary/aromatic N) is 2. The van der Waals surface area contributed by atoms with E-state index in [2.05, 4.69) is 27.4 Å². The van der Waals surface area contributed by atoms with Crippen molar-refractivity contribution in [3.05, 3.63) is 0 Å². The average molecular weight is 438 g/mol. The third kappa shape index (κ3) is 8.03. The van der Waals surface area contributed by atoms with Crippen molar-refractivity contribution >= 4 is 29.9 Å². The highest BCUT2D eigenvalue weighted by molar-refractivity contribution is 14.0. The number of rotatable bonds is 5. The fourth-order valence-corrected chi connectivity index (χ4v) is 3.43. The number of nitrogens with one attached hydrogen (secondary N) is 2. The second-order valence-electron chi connectivity index (χ2n) is 7.03. The second kappa shape index (κ2) is 11.5. The van der Waals surface area contributed by atoms with Gasteiger partial charge in [0.15, 0.2) is 5.96 Å². The van der Waals surface area contributed by atoms with Crippen molar-refractivity contribution in [2.45, 2.75) is 45.4 Å². The molecular weight excluding hydrogens is 403 g/mol. The van der Waals surface area contributed by atoms with E-state index in [1.165, 1.54) is 38.5 Å². The highest BCUT2D eigenvalue weighted by Crippen LogP contribution is 2.33. The third-order valence-electron chi connectivity index (χ3n) is 5.04. The lowest BCUT2D eigenvalue weighted by Gasteiger charge is -2.30. The quantitative estimate of drug-likeness (QED) is 0.300. The van der Waals surface area contributed by atoms with Gasteiger partial charge >= 0.3 is 0 Å². The molecule has 136 valence electrons. The number of aliphatic imine (C=N–C) groups is 1. The Hall–Kier alpha value is -0.0800. The number of hydrogen-bond acceptors (Lipinski definition) is 3. The first-order chi connectivity index (χ1) is 10.7. The fourth-order valence-electron chi connectivity index (χ4n) is 3.43. The van der Waals surface area contributed by atoms with Gasteiger partial charge in [-0.3, -0.25) is 9.89 Å². The van der Waals surface area contributed by atoms with Crippen LogP contribution in [-0.4, -0.2) is 63.8 Å². The lowest BCUT2D eigenvalue weighted by atomic mass is 9.82. The number of morpholine rings is 1. The Morgan fingerprint density at radius 2 is 1.74 bits per heavy atom. The summed E-state index contributed by atoms with van der Waals surface area (Å²) in [6.07, 6.45) is 8.24. The number of guanidine groups is 1. The first-order valence-electron chi connectivity index (χ1n) is 8.96. The van der Waals surface area contributed by atoms with Gasteiger partial charge in [0, 0.05) is 39.8 Å². The molecule has 1 aliphatic heterocycles. The van der Waals surface area contributed by atoms with E-state index in [1.807, 2.05) is 7.05 Å². The summed E-state index contributed by atoms with van der Waals surface area (Å²) >= 11 is 0. The molecule has 0 unspecified atom stereocenters. The van der Waals surface area contributed by atoms with Crippen LogP contribution in [0.1, 0.15) is 45.4 Å². The van der Waals surface area contributed by atoms with Crippen LogP contribution in [0.4, 0.5) is 0 Å². The van der Waals surface area contributed by atoms with E-state index in [9.17, 15) is 0 Å². The van der Waals surface area contributed by atoms with E-state index < -0.39 is 0 Å². The van der Waals surface area contributed by atoms with Crippen molar-refractivity contribution in [1.29, 1.82) is 0 Å². The molecule has 5 nitrogen and oxygen atoms in total.